The van der Waals surface area contributed by atoms with Crippen LogP contribution in [0.25, 0.3) is 0 Å². The zero-order valence-electron chi connectivity index (χ0n) is 10.6. The van der Waals surface area contributed by atoms with Crippen LogP contribution in [0.2, 0.25) is 0 Å². The maximum atomic E-state index is 13.0. The number of halogens is 2. The summed E-state index contributed by atoms with van der Waals surface area (Å²) in [5.41, 5.74) is 0.711. The molecule has 2 rings (SSSR count). The first kappa shape index (κ1) is 14.5. The first-order chi connectivity index (χ1) is 9.49. The van der Waals surface area contributed by atoms with Crippen LogP contribution < -0.4 is 4.74 Å². The molecule has 20 heavy (non-hydrogen) atoms. The van der Waals surface area contributed by atoms with Crippen LogP contribution in [0.1, 0.15) is 23.0 Å². The molecular formula is C14H11BrFNO3. The number of nitrogens with zero attached hydrogens (tertiary/aromatic N) is 1. The van der Waals surface area contributed by atoms with Gasteiger partial charge in [-0.3, -0.25) is 0 Å². The molecule has 0 aliphatic heterocycles. The molecule has 0 bridgehead atoms. The molecule has 0 atom stereocenters. The van der Waals surface area contributed by atoms with E-state index in [4.69, 9.17) is 9.84 Å². The number of carbonyl (C=O) groups is 1. The molecule has 1 N–H and O–H groups in total. The van der Waals surface area contributed by atoms with E-state index >= 15 is 0 Å². The minimum Gasteiger partial charge on any atom is -0.478 e. The van der Waals surface area contributed by atoms with E-state index in [-0.39, 0.29) is 11.4 Å². The fourth-order valence-electron chi connectivity index (χ4n) is 1.59. The van der Waals surface area contributed by atoms with E-state index < -0.39 is 11.8 Å². The number of pyridine rings is 1. The summed E-state index contributed by atoms with van der Waals surface area (Å²) in [6.45, 7) is 1.87. The Bertz CT molecular complexity index is 661. The highest BCUT2D eigenvalue weighted by molar-refractivity contribution is 9.10. The number of aryl methyl sites for hydroxylation is 1. The number of ether oxygens (including phenoxy) is 1. The van der Waals surface area contributed by atoms with Crippen molar-refractivity contribution in [1.29, 1.82) is 0 Å². The minimum atomic E-state index is -1.05. The Labute approximate surface area is 123 Å². The normalized spacial score (nSPS) is 10.3. The van der Waals surface area contributed by atoms with E-state index in [0.29, 0.717) is 22.3 Å². The smallest absolute Gasteiger partial charge is 0.335 e. The Morgan fingerprint density at radius 1 is 1.40 bits per heavy atom. The van der Waals surface area contributed by atoms with E-state index in [2.05, 4.69) is 20.9 Å². The Balaban J connectivity index is 2.37. The van der Waals surface area contributed by atoms with Gasteiger partial charge in [-0.1, -0.05) is 6.92 Å². The summed E-state index contributed by atoms with van der Waals surface area (Å²) in [5, 5.41) is 9.04. The van der Waals surface area contributed by atoms with Crippen molar-refractivity contribution >= 4 is 21.9 Å². The summed E-state index contributed by atoms with van der Waals surface area (Å²) in [6.07, 6.45) is 0.585. The van der Waals surface area contributed by atoms with E-state index in [1.54, 1.807) is 0 Å². The molecule has 0 unspecified atom stereocenters. The number of rotatable bonds is 4. The highest BCUT2D eigenvalue weighted by atomic mass is 79.9. The summed E-state index contributed by atoms with van der Waals surface area (Å²) in [4.78, 5) is 15.2. The third-order valence-electron chi connectivity index (χ3n) is 2.57. The van der Waals surface area contributed by atoms with Crippen molar-refractivity contribution in [1.82, 2.24) is 4.98 Å². The molecule has 1 aromatic heterocycles. The molecule has 0 radical (unpaired) electrons. The number of carboxylic acids is 1. The molecule has 0 fully saturated rings. The van der Waals surface area contributed by atoms with Crippen molar-refractivity contribution in [3.05, 3.63) is 51.9 Å². The maximum absolute atomic E-state index is 13.0. The molecule has 104 valence electrons. The van der Waals surface area contributed by atoms with Crippen LogP contribution in [0.5, 0.6) is 11.6 Å². The molecule has 4 nitrogen and oxygen atoms in total. The maximum Gasteiger partial charge on any atom is 0.335 e. The number of aromatic nitrogens is 1. The lowest BCUT2D eigenvalue weighted by Gasteiger charge is -2.09. The second-order valence-corrected chi connectivity index (χ2v) is 4.88. The van der Waals surface area contributed by atoms with Crippen molar-refractivity contribution in [2.75, 3.05) is 0 Å². The molecule has 2 aromatic rings. The second kappa shape index (κ2) is 6.00. The summed E-state index contributed by atoms with van der Waals surface area (Å²) < 4.78 is 18.9. The first-order valence-electron chi connectivity index (χ1n) is 5.86. The average molecular weight is 340 g/mol. The van der Waals surface area contributed by atoms with Crippen molar-refractivity contribution in [3.63, 3.8) is 0 Å². The van der Waals surface area contributed by atoms with E-state index in [1.807, 2.05) is 6.92 Å². The van der Waals surface area contributed by atoms with Gasteiger partial charge in [0, 0.05) is 11.8 Å². The third kappa shape index (κ3) is 3.33. The topological polar surface area (TPSA) is 59.4 Å². The van der Waals surface area contributed by atoms with Crippen LogP contribution in [-0.2, 0) is 6.42 Å². The van der Waals surface area contributed by atoms with Crippen LogP contribution in [0.3, 0.4) is 0 Å². The van der Waals surface area contributed by atoms with Gasteiger partial charge in [0.15, 0.2) is 0 Å². The van der Waals surface area contributed by atoms with Gasteiger partial charge in [-0.05, 0) is 46.6 Å². The van der Waals surface area contributed by atoms with Gasteiger partial charge >= 0.3 is 5.97 Å². The fourth-order valence-corrected chi connectivity index (χ4v) is 2.02. The summed E-state index contributed by atoms with van der Waals surface area (Å²) in [7, 11) is 0. The largest absolute Gasteiger partial charge is 0.478 e. The Hall–Kier alpha value is -1.95. The summed E-state index contributed by atoms with van der Waals surface area (Å²) in [5.74, 6) is -0.923. The SMILES string of the molecule is CCc1cc(C(=O)O)cc(Oc2ccc(F)cc2Br)n1. The molecular weight excluding hydrogens is 329 g/mol. The molecule has 0 spiro atoms. The molecule has 1 aromatic carbocycles. The van der Waals surface area contributed by atoms with Crippen molar-refractivity contribution in [2.45, 2.75) is 13.3 Å². The number of hydrogen-bond donors (Lipinski definition) is 1. The van der Waals surface area contributed by atoms with Gasteiger partial charge in [0.2, 0.25) is 5.88 Å². The predicted octanol–water partition coefficient (Wildman–Crippen LogP) is 4.04. The summed E-state index contributed by atoms with van der Waals surface area (Å²) >= 11 is 3.18. The molecule has 0 aliphatic carbocycles. The Morgan fingerprint density at radius 3 is 2.75 bits per heavy atom. The van der Waals surface area contributed by atoms with Crippen molar-refractivity contribution in [3.8, 4) is 11.6 Å². The Morgan fingerprint density at radius 2 is 2.15 bits per heavy atom. The van der Waals surface area contributed by atoms with Crippen LogP contribution in [0.4, 0.5) is 4.39 Å². The van der Waals surface area contributed by atoms with Crippen LogP contribution in [0, 0.1) is 5.82 Å². The lowest BCUT2D eigenvalue weighted by Crippen LogP contribution is -2.01. The number of benzene rings is 1. The van der Waals surface area contributed by atoms with E-state index in [9.17, 15) is 9.18 Å². The van der Waals surface area contributed by atoms with Gasteiger partial charge in [-0.25, -0.2) is 14.2 Å². The Kier molecular flexibility index (Phi) is 4.34. The van der Waals surface area contributed by atoms with Gasteiger partial charge in [-0.2, -0.15) is 0 Å². The molecule has 0 amide bonds. The van der Waals surface area contributed by atoms with Crippen LogP contribution in [0.15, 0.2) is 34.8 Å². The lowest BCUT2D eigenvalue weighted by atomic mass is 10.2. The van der Waals surface area contributed by atoms with Crippen molar-refractivity contribution in [2.24, 2.45) is 0 Å². The van der Waals surface area contributed by atoms with E-state index in [1.165, 1.54) is 30.3 Å². The van der Waals surface area contributed by atoms with Crippen LogP contribution in [-0.4, -0.2) is 16.1 Å². The summed E-state index contributed by atoms with van der Waals surface area (Å²) in [6, 6.07) is 6.78. The van der Waals surface area contributed by atoms with E-state index in [0.717, 1.165) is 0 Å². The average Bonchev–Trinajstić information content (AvgIpc) is 2.41. The minimum absolute atomic E-state index is 0.102. The number of carboxylic acid groups (broad SMARTS) is 1. The quantitative estimate of drug-likeness (QED) is 0.913. The second-order valence-electron chi connectivity index (χ2n) is 4.02. The lowest BCUT2D eigenvalue weighted by molar-refractivity contribution is 0.0696. The standard InChI is InChI=1S/C14H11BrFNO3/c1-2-10-5-8(14(18)19)6-13(17-10)20-12-4-3-9(16)7-11(12)15/h3-7H,2H2,1H3,(H,18,19). The first-order valence-corrected chi connectivity index (χ1v) is 6.66. The van der Waals surface area contributed by atoms with Gasteiger partial charge in [0.05, 0.1) is 10.0 Å². The molecule has 6 heteroatoms. The highest BCUT2D eigenvalue weighted by Crippen LogP contribution is 2.30. The highest BCUT2D eigenvalue weighted by Gasteiger charge is 2.11. The van der Waals surface area contributed by atoms with Crippen LogP contribution >= 0.6 is 15.9 Å². The molecule has 0 saturated heterocycles. The number of aromatic carboxylic acids is 1. The zero-order chi connectivity index (χ0) is 14.7. The van der Waals surface area contributed by atoms with Gasteiger partial charge in [-0.15, -0.1) is 0 Å². The third-order valence-corrected chi connectivity index (χ3v) is 3.19. The van der Waals surface area contributed by atoms with Gasteiger partial charge in [0.1, 0.15) is 11.6 Å². The molecule has 0 saturated carbocycles. The monoisotopic (exact) mass is 339 g/mol. The van der Waals surface area contributed by atoms with Crippen molar-refractivity contribution < 1.29 is 19.0 Å². The molecule has 0 aliphatic rings. The number of hydrogen-bond acceptors (Lipinski definition) is 3. The predicted molar refractivity (Wildman–Crippen MR) is 74.7 cm³/mol. The molecule has 1 heterocycles. The zero-order valence-corrected chi connectivity index (χ0v) is 12.1. The van der Waals surface area contributed by atoms with Gasteiger partial charge in [0.25, 0.3) is 0 Å². The fraction of sp³-hybridized carbons (Fsp3) is 0.143. The van der Waals surface area contributed by atoms with Gasteiger partial charge < -0.3 is 9.84 Å².